The minimum absolute atomic E-state index is 0.135. The van der Waals surface area contributed by atoms with Crippen LogP contribution in [0.15, 0.2) is 0 Å². The number of carbonyl (C=O) groups is 9. The summed E-state index contributed by atoms with van der Waals surface area (Å²) < 4.78 is 366. The summed E-state index contributed by atoms with van der Waals surface area (Å²) in [5.74, 6) is -29.7. The van der Waals surface area contributed by atoms with Gasteiger partial charge < -0.3 is 44.8 Å². The van der Waals surface area contributed by atoms with Crippen LogP contribution in [0.2, 0.25) is 0 Å². The van der Waals surface area contributed by atoms with Crippen molar-refractivity contribution in [3.63, 3.8) is 0 Å². The van der Waals surface area contributed by atoms with Gasteiger partial charge in [-0.05, 0) is 163 Å². The Labute approximate surface area is 573 Å². The van der Waals surface area contributed by atoms with E-state index in [4.69, 9.17) is 14.2 Å². The molecule has 0 amide bonds. The smallest absolute Gasteiger partial charge is 0.336 e. The van der Waals surface area contributed by atoms with Gasteiger partial charge in [0.2, 0.25) is 85.0 Å². The number of alkyl halides is 15. The molecular weight excluding hydrogens is 1470 g/mol. The lowest BCUT2D eigenvalue weighted by molar-refractivity contribution is -0.371. The quantitative estimate of drug-likeness (QED) is 0.0218. The van der Waals surface area contributed by atoms with Gasteiger partial charge in [0.05, 0.1) is 21.3 Å². The van der Waals surface area contributed by atoms with Crippen LogP contribution in [0.1, 0.15) is 100 Å². The molecule has 0 radical (unpaired) electrons. The van der Waals surface area contributed by atoms with Crippen LogP contribution in [-0.4, -0.2) is 123 Å². The molecule has 14 aromatic carbocycles. The van der Waals surface area contributed by atoms with E-state index in [2.05, 4.69) is 0 Å². The molecule has 32 rings (SSSR count). The average Bonchev–Trinajstić information content (AvgIpc) is 1.33. The molecule has 0 spiro atoms. The van der Waals surface area contributed by atoms with Crippen molar-refractivity contribution in [2.45, 2.75) is 101 Å². The summed E-state index contributed by atoms with van der Waals surface area (Å²) in [7, 11) is 0.406. The summed E-state index contributed by atoms with van der Waals surface area (Å²) in [6.45, 7) is 0. The monoisotopic (exact) mass is 1490 g/mol. The van der Waals surface area contributed by atoms with E-state index in [9.17, 15) is 30.6 Å². The lowest BCUT2D eigenvalue weighted by Crippen LogP contribution is -2.89. The normalized spacial score (nSPS) is 42.8. The zero-order valence-corrected chi connectivity index (χ0v) is 52.3. The van der Waals surface area contributed by atoms with E-state index in [1.165, 1.54) is 0 Å². The van der Waals surface area contributed by atoms with E-state index >= 15 is 109 Å². The number of rotatable bonds is 12. The van der Waals surface area contributed by atoms with E-state index in [1.807, 2.05) is 0 Å². The minimum atomic E-state index is -7.01. The van der Waals surface area contributed by atoms with Crippen molar-refractivity contribution in [1.82, 2.24) is 0 Å². The second-order valence-corrected chi connectivity index (χ2v) is 33.4. The third-order valence-electron chi connectivity index (χ3n) is 33.6. The van der Waals surface area contributed by atoms with Crippen LogP contribution < -0.4 is 0 Å². The highest BCUT2D eigenvalue weighted by molar-refractivity contribution is 6.68. The van der Waals surface area contributed by atoms with Crippen molar-refractivity contribution in [1.29, 1.82) is 0 Å². The number of carboxylic acid groups (broad SMARTS) is 6. The van der Waals surface area contributed by atoms with E-state index < -0.39 is 401 Å². The SMILES string of the molecule is COC(=O)C(C(=O)O)(C(=O)O)C12c3c4c5c6c7c8c9c%10c%11c%12c%13c%14c%15c%16c%17c%18c%19c(c1c1c3c3c5c8c5c3c3c1c%19c%16c3c1c%15c%12c9c51)C1(F)C%18(F)C3(F)c5c8c9c%12c%15c5C(F)(C%13(F)C%11(F)C%15(F)C(F)(C%12(F)C6(F)C4(F)C9(F)C2(F)C81F)C7%10C(C(=O)O)(C(=O)O)C(=O)OC)C3(F)C%17%14C(C(=O)O)(C(=O)O)C(=O)OC. The molecule has 14 aromatic rings. The summed E-state index contributed by atoms with van der Waals surface area (Å²) in [5, 5.41) is 50.4. The molecule has 12 unspecified atom stereocenters. The van der Waals surface area contributed by atoms with Gasteiger partial charge in [0.25, 0.3) is 16.2 Å². The molecule has 108 heavy (non-hydrogen) atoms. The lowest BCUT2D eigenvalue weighted by Gasteiger charge is -2.71. The summed E-state index contributed by atoms with van der Waals surface area (Å²) in [5.41, 5.74) is -183. The molecular formula is C75H15F15O18. The van der Waals surface area contributed by atoms with Gasteiger partial charge in [-0.3, -0.25) is 43.2 Å². The second kappa shape index (κ2) is 11.7. The van der Waals surface area contributed by atoms with Crippen LogP contribution in [0.3, 0.4) is 0 Å². The van der Waals surface area contributed by atoms with Gasteiger partial charge in [0.15, 0.2) is 0 Å². The van der Waals surface area contributed by atoms with Gasteiger partial charge in [-0.15, -0.1) is 0 Å². The van der Waals surface area contributed by atoms with Gasteiger partial charge in [-0.1, -0.05) is 0 Å². The first-order chi connectivity index (χ1) is 50.6. The van der Waals surface area contributed by atoms with Crippen LogP contribution in [0.5, 0.6) is 0 Å². The Morgan fingerprint density at radius 2 is 0.333 bits per heavy atom. The Balaban J connectivity index is 1.10. The summed E-state index contributed by atoms with van der Waals surface area (Å²) in [4.78, 5) is 142. The van der Waals surface area contributed by atoms with Crippen LogP contribution in [0, 0.1) is 16.2 Å². The molecule has 18 aliphatic carbocycles. The Morgan fingerprint density at radius 3 is 0.463 bits per heavy atom. The van der Waals surface area contributed by atoms with Crippen molar-refractivity contribution >= 4 is 183 Å². The molecule has 6 N–H and O–H groups in total. The molecule has 33 heteroatoms. The Hall–Kier alpha value is -11.3. The molecule has 18 nitrogen and oxygen atoms in total. The highest BCUT2D eigenvalue weighted by Gasteiger charge is 3.20. The molecule has 0 aliphatic heterocycles. The lowest BCUT2D eigenvalue weighted by atomic mass is 9.32. The van der Waals surface area contributed by atoms with Crippen LogP contribution >= 0.6 is 0 Å². The zero-order valence-electron chi connectivity index (χ0n) is 52.3. The fraction of sp³-hybridized carbons (Fsp3) is 0.320. The number of esters is 3. The zero-order chi connectivity index (χ0) is 75.1. The Bertz CT molecular complexity index is 6810. The molecule has 0 heterocycles. The molecule has 0 bridgehead atoms. The van der Waals surface area contributed by atoms with Crippen molar-refractivity contribution in [2.75, 3.05) is 21.3 Å². The number of halogens is 15. The van der Waals surface area contributed by atoms with Crippen molar-refractivity contribution < 1.29 is 154 Å². The van der Waals surface area contributed by atoms with Gasteiger partial charge >= 0.3 is 53.7 Å². The fourth-order valence-electron chi connectivity index (χ4n) is 32.9. The predicted octanol–water partition coefficient (Wildman–Crippen LogP) is 10.2. The molecule has 0 fully saturated rings. The predicted molar refractivity (Wildman–Crippen MR) is 320 cm³/mol. The number of hydrogen-bond donors (Lipinski definition) is 6. The first-order valence-corrected chi connectivity index (χ1v) is 33.4. The van der Waals surface area contributed by atoms with E-state index in [1.54, 1.807) is 0 Å². The fourth-order valence-corrected chi connectivity index (χ4v) is 32.9. The largest absolute Gasteiger partial charge is 0.480 e. The summed E-state index contributed by atoms with van der Waals surface area (Å²) in [6, 6.07) is 0. The molecule has 18 aliphatic rings. The molecule has 0 saturated carbocycles. The third-order valence-corrected chi connectivity index (χ3v) is 33.6. The molecule has 0 aromatic heterocycles. The van der Waals surface area contributed by atoms with Gasteiger partial charge in [-0.25, -0.2) is 65.9 Å². The van der Waals surface area contributed by atoms with Crippen LogP contribution in [-0.2, 0) is 142 Å². The topological polar surface area (TPSA) is 303 Å². The van der Waals surface area contributed by atoms with Crippen molar-refractivity contribution in [3.05, 3.63) is 100 Å². The van der Waals surface area contributed by atoms with Crippen molar-refractivity contribution in [2.24, 2.45) is 16.2 Å². The molecule has 528 valence electrons. The number of ether oxygens (including phenoxy) is 3. The van der Waals surface area contributed by atoms with E-state index in [0.29, 0.717) is 0 Å². The summed E-state index contributed by atoms with van der Waals surface area (Å²) in [6.07, 6.45) is 0. The maximum Gasteiger partial charge on any atom is 0.336 e. The number of methoxy groups -OCH3 is 3. The number of carbonyl (C=O) groups excluding carboxylic acids is 3. The Morgan fingerprint density at radius 1 is 0.204 bits per heavy atom. The number of aliphatic carboxylic acids is 6. The molecule has 12 atom stereocenters. The van der Waals surface area contributed by atoms with Gasteiger partial charge in [0.1, 0.15) is 16.2 Å². The average molecular weight is 1490 g/mol. The van der Waals surface area contributed by atoms with Crippen LogP contribution in [0.4, 0.5) is 65.9 Å². The Kier molecular flexibility index (Phi) is 5.99. The highest BCUT2D eigenvalue weighted by atomic mass is 19.2. The number of carboxylic acids is 6. The minimum Gasteiger partial charge on any atom is -0.480 e. The number of hydrogen-bond acceptors (Lipinski definition) is 12. The van der Waals surface area contributed by atoms with Gasteiger partial charge in [0, 0.05) is 66.8 Å². The maximum absolute atomic E-state index is 23.9. The van der Waals surface area contributed by atoms with Crippen molar-refractivity contribution in [3.8, 4) is 0 Å². The van der Waals surface area contributed by atoms with Crippen LogP contribution in [0.25, 0.3) is 129 Å². The standard InChI is InChI=1S/C75H15F15O18/c1-106-52(103)55(46(91)92,47(93)94)58-28-19-10-4-5-7-9-8-6(4)12-16(10)25-34(28)61(76)63(78)36(25)30-21(12)23-14(8)18-15(9)24-22-13(7)17-11(5)20(19)29(58)35-26(17)37-31(22)60(57(50(99)100,51(101)102)54(105)108-3)33(24)39-27(18)38-32(23)59(30,56(48(95)96,49(97)98)53(104)107-2)74(89)69(63,84)42-40-41-43-45-44(42)71(74,86)65(38,80)66(39,81)72(45,87)75(60,90)70(43,85)64(37,79)62(35,77)68(41,83)73(58,88)67(40,61)82/h1-3H3,(H,91,92)(H,93,94)(H,95,96)(H,97,98)(H,99,100)(H,101,102). The highest BCUT2D eigenvalue weighted by Crippen LogP contribution is 3.08. The first kappa shape index (κ1) is 55.2. The second-order valence-electron chi connectivity index (χ2n) is 33.4. The van der Waals surface area contributed by atoms with E-state index in [0.717, 1.165) is 0 Å². The molecule has 0 saturated heterocycles. The number of benzene rings is 11. The third kappa shape index (κ3) is 2.64. The summed E-state index contributed by atoms with van der Waals surface area (Å²) >= 11 is 0. The first-order valence-electron chi connectivity index (χ1n) is 33.4. The van der Waals surface area contributed by atoms with E-state index in [-0.39, 0.29) is 21.3 Å². The van der Waals surface area contributed by atoms with Gasteiger partial charge in [-0.2, -0.15) is 0 Å². The maximum atomic E-state index is 23.9.